The largest absolute Gasteiger partial charge is 0.573 e. The molecule has 10 heteroatoms. The number of hydrogen-bond donors (Lipinski definition) is 2. The van der Waals surface area contributed by atoms with Crippen molar-refractivity contribution < 1.29 is 32.2 Å². The highest BCUT2D eigenvalue weighted by atomic mass is 19.4. The van der Waals surface area contributed by atoms with E-state index >= 15 is 0 Å². The number of nitrogens with zero attached hydrogens (tertiary/aromatic N) is 2. The zero-order valence-electron chi connectivity index (χ0n) is 16.1. The number of halogens is 3. The van der Waals surface area contributed by atoms with E-state index in [9.17, 15) is 23.1 Å². The number of aliphatic hydroxyl groups is 1. The zero-order chi connectivity index (χ0) is 22.0. The van der Waals surface area contributed by atoms with Gasteiger partial charge in [-0.25, -0.2) is 4.98 Å². The first kappa shape index (κ1) is 20.7. The van der Waals surface area contributed by atoms with Crippen molar-refractivity contribution in [3.63, 3.8) is 0 Å². The number of rotatable bonds is 5. The summed E-state index contributed by atoms with van der Waals surface area (Å²) in [6, 6.07) is 8.25. The molecular formula is C21H18F3N3O4. The van der Waals surface area contributed by atoms with Crippen LogP contribution in [0.4, 0.5) is 24.7 Å². The normalized spacial score (nSPS) is 16.4. The molecule has 1 fully saturated rings. The molecule has 0 saturated carbocycles. The van der Waals surface area contributed by atoms with Crippen LogP contribution in [0.15, 0.2) is 59.5 Å². The summed E-state index contributed by atoms with van der Waals surface area (Å²) in [5.74, 6) is -0.232. The van der Waals surface area contributed by atoms with Crippen molar-refractivity contribution in [2.75, 3.05) is 23.3 Å². The van der Waals surface area contributed by atoms with Crippen molar-refractivity contribution in [3.05, 3.63) is 60.7 Å². The van der Waals surface area contributed by atoms with Gasteiger partial charge >= 0.3 is 6.36 Å². The molecule has 3 heterocycles. The molecular weight excluding hydrogens is 415 g/mol. The van der Waals surface area contributed by atoms with Crippen LogP contribution in [0.3, 0.4) is 0 Å². The fourth-order valence-electron chi connectivity index (χ4n) is 3.34. The van der Waals surface area contributed by atoms with E-state index < -0.39 is 18.4 Å². The lowest BCUT2D eigenvalue weighted by Gasteiger charge is -2.20. The molecule has 1 aliphatic rings. The number of carbonyl (C=O) groups is 1. The second-order valence-electron chi connectivity index (χ2n) is 7.02. The molecule has 0 radical (unpaired) electrons. The van der Waals surface area contributed by atoms with E-state index in [1.54, 1.807) is 12.1 Å². The molecule has 1 saturated heterocycles. The lowest BCUT2D eigenvalue weighted by Crippen LogP contribution is -2.23. The van der Waals surface area contributed by atoms with Gasteiger partial charge in [-0.05, 0) is 42.8 Å². The van der Waals surface area contributed by atoms with Crippen molar-refractivity contribution in [2.45, 2.75) is 18.9 Å². The van der Waals surface area contributed by atoms with Crippen LogP contribution in [0.25, 0.3) is 11.1 Å². The number of pyridine rings is 1. The van der Waals surface area contributed by atoms with Gasteiger partial charge in [-0.15, -0.1) is 13.2 Å². The van der Waals surface area contributed by atoms with E-state index in [-0.39, 0.29) is 11.3 Å². The summed E-state index contributed by atoms with van der Waals surface area (Å²) in [5, 5.41) is 12.5. The molecule has 1 amide bonds. The van der Waals surface area contributed by atoms with Crippen LogP contribution in [0.5, 0.6) is 5.75 Å². The number of amides is 1. The Morgan fingerprint density at radius 3 is 2.65 bits per heavy atom. The summed E-state index contributed by atoms with van der Waals surface area (Å²) in [6.45, 7) is 1.08. The van der Waals surface area contributed by atoms with Gasteiger partial charge in [0, 0.05) is 36.1 Å². The van der Waals surface area contributed by atoms with Gasteiger partial charge in [0.05, 0.1) is 24.2 Å². The van der Waals surface area contributed by atoms with Crippen LogP contribution in [0.1, 0.15) is 16.8 Å². The first-order valence-corrected chi connectivity index (χ1v) is 9.41. The minimum absolute atomic E-state index is 0.260. The Bertz CT molecular complexity index is 1050. The number of furan rings is 1. The van der Waals surface area contributed by atoms with Crippen molar-refractivity contribution in [1.29, 1.82) is 0 Å². The molecule has 0 unspecified atom stereocenters. The molecule has 31 heavy (non-hydrogen) atoms. The first-order chi connectivity index (χ1) is 14.8. The van der Waals surface area contributed by atoms with Gasteiger partial charge in [0.25, 0.3) is 5.91 Å². The minimum Gasteiger partial charge on any atom is -0.472 e. The second kappa shape index (κ2) is 8.31. The van der Waals surface area contributed by atoms with Gasteiger partial charge < -0.3 is 24.5 Å². The highest BCUT2D eigenvalue weighted by molar-refractivity contribution is 6.05. The number of aliphatic hydroxyl groups excluding tert-OH is 1. The SMILES string of the molecule is O=C(Nc1ccc(OC(F)(F)F)cc1)c1cnc(N2CC[C@@H](O)C2)c(-c2ccoc2)c1. The summed E-state index contributed by atoms with van der Waals surface area (Å²) in [5.41, 5.74) is 1.96. The molecule has 1 aromatic carbocycles. The average Bonchev–Trinajstić information content (AvgIpc) is 3.40. The molecule has 2 N–H and O–H groups in total. The summed E-state index contributed by atoms with van der Waals surface area (Å²) < 4.78 is 45.8. The standard InChI is InChI=1S/C21H18F3N3O4/c22-21(23,24)31-17-3-1-15(2-4-17)26-20(29)14-9-18(13-6-8-30-12-13)19(25-10-14)27-7-5-16(28)11-27/h1-4,6,8-10,12,16,28H,5,7,11H2,(H,26,29)/t16-/m1/s1. The topological polar surface area (TPSA) is 87.8 Å². The summed E-state index contributed by atoms with van der Waals surface area (Å²) >= 11 is 0. The molecule has 0 bridgehead atoms. The molecule has 4 rings (SSSR count). The minimum atomic E-state index is -4.78. The van der Waals surface area contributed by atoms with Crippen molar-refractivity contribution in [3.8, 4) is 16.9 Å². The van der Waals surface area contributed by atoms with E-state index in [0.29, 0.717) is 36.6 Å². The zero-order valence-corrected chi connectivity index (χ0v) is 16.1. The maximum absolute atomic E-state index is 12.7. The van der Waals surface area contributed by atoms with Crippen LogP contribution >= 0.6 is 0 Å². The number of aromatic nitrogens is 1. The number of anilines is 2. The quantitative estimate of drug-likeness (QED) is 0.631. The number of carbonyl (C=O) groups excluding carboxylic acids is 1. The van der Waals surface area contributed by atoms with E-state index in [2.05, 4.69) is 15.0 Å². The lowest BCUT2D eigenvalue weighted by atomic mass is 10.1. The maximum atomic E-state index is 12.7. The fourth-order valence-corrected chi connectivity index (χ4v) is 3.34. The Balaban J connectivity index is 1.55. The van der Waals surface area contributed by atoms with Crippen molar-refractivity contribution >= 4 is 17.4 Å². The molecule has 0 aliphatic carbocycles. The van der Waals surface area contributed by atoms with Gasteiger partial charge in [-0.1, -0.05) is 0 Å². The first-order valence-electron chi connectivity index (χ1n) is 9.41. The molecule has 0 spiro atoms. The van der Waals surface area contributed by atoms with E-state index in [4.69, 9.17) is 4.42 Å². The van der Waals surface area contributed by atoms with Crippen LogP contribution in [0.2, 0.25) is 0 Å². The van der Waals surface area contributed by atoms with E-state index in [1.807, 2.05) is 4.90 Å². The van der Waals surface area contributed by atoms with E-state index in [0.717, 1.165) is 17.7 Å². The third-order valence-electron chi connectivity index (χ3n) is 4.77. The molecule has 3 aromatic rings. The smallest absolute Gasteiger partial charge is 0.472 e. The van der Waals surface area contributed by atoms with Crippen molar-refractivity contribution in [2.24, 2.45) is 0 Å². The predicted molar refractivity (Wildman–Crippen MR) is 106 cm³/mol. The molecule has 162 valence electrons. The third-order valence-corrected chi connectivity index (χ3v) is 4.77. The number of hydrogen-bond acceptors (Lipinski definition) is 6. The Morgan fingerprint density at radius 1 is 1.26 bits per heavy atom. The lowest BCUT2D eigenvalue weighted by molar-refractivity contribution is -0.274. The van der Waals surface area contributed by atoms with Crippen LogP contribution in [0, 0.1) is 0 Å². The van der Waals surface area contributed by atoms with Crippen LogP contribution in [-0.4, -0.2) is 41.6 Å². The van der Waals surface area contributed by atoms with Gasteiger partial charge in [-0.3, -0.25) is 4.79 Å². The molecule has 7 nitrogen and oxygen atoms in total. The number of alkyl halides is 3. The Morgan fingerprint density at radius 2 is 2.03 bits per heavy atom. The molecule has 2 aromatic heterocycles. The monoisotopic (exact) mass is 433 g/mol. The maximum Gasteiger partial charge on any atom is 0.573 e. The molecule has 1 aliphatic heterocycles. The average molecular weight is 433 g/mol. The van der Waals surface area contributed by atoms with Gasteiger partial charge in [0.15, 0.2) is 0 Å². The summed E-state index contributed by atoms with van der Waals surface area (Å²) in [7, 11) is 0. The highest BCUT2D eigenvalue weighted by Crippen LogP contribution is 2.32. The summed E-state index contributed by atoms with van der Waals surface area (Å²) in [6.07, 6.45) is -0.134. The third kappa shape index (κ3) is 4.97. The van der Waals surface area contributed by atoms with Gasteiger partial charge in [0.1, 0.15) is 11.6 Å². The van der Waals surface area contributed by atoms with Gasteiger partial charge in [0.2, 0.25) is 0 Å². The van der Waals surface area contributed by atoms with Crippen LogP contribution in [-0.2, 0) is 0 Å². The van der Waals surface area contributed by atoms with E-state index in [1.165, 1.54) is 30.9 Å². The number of benzene rings is 1. The highest BCUT2D eigenvalue weighted by Gasteiger charge is 2.31. The van der Waals surface area contributed by atoms with Gasteiger partial charge in [-0.2, -0.15) is 0 Å². The molecule has 1 atom stereocenters. The summed E-state index contributed by atoms with van der Waals surface area (Å²) in [4.78, 5) is 19.1. The second-order valence-corrected chi connectivity index (χ2v) is 7.02. The number of β-amino-alcohol motifs (C(OH)–C–C–N with tert-alkyl or cyclic N) is 1. The Hall–Kier alpha value is -3.53. The Kier molecular flexibility index (Phi) is 5.55. The predicted octanol–water partition coefficient (Wildman–Crippen LogP) is 4.06. The number of nitrogens with one attached hydrogen (secondary N) is 1. The van der Waals surface area contributed by atoms with Crippen molar-refractivity contribution in [1.82, 2.24) is 4.98 Å². The van der Waals surface area contributed by atoms with Crippen LogP contribution < -0.4 is 15.0 Å². The number of ether oxygens (including phenoxy) is 1. The Labute approximate surface area is 175 Å². The fraction of sp³-hybridized carbons (Fsp3) is 0.238.